The molecule has 0 aliphatic heterocycles. The Hall–Kier alpha value is -2.06. The second-order valence-electron chi connectivity index (χ2n) is 4.03. The summed E-state index contributed by atoms with van der Waals surface area (Å²) in [5.41, 5.74) is 1.46. The molecule has 0 amide bonds. The molecule has 0 spiro atoms. The van der Waals surface area contributed by atoms with Crippen molar-refractivity contribution in [3.05, 3.63) is 29.3 Å². The highest BCUT2D eigenvalue weighted by Gasteiger charge is 2.11. The molecule has 0 radical (unpaired) electrons. The lowest BCUT2D eigenvalue weighted by Crippen LogP contribution is -2.30. The fourth-order valence-electron chi connectivity index (χ4n) is 1.73. The van der Waals surface area contributed by atoms with Crippen molar-refractivity contribution < 1.29 is 14.3 Å². The van der Waals surface area contributed by atoms with E-state index < -0.39 is 0 Å². The van der Waals surface area contributed by atoms with Gasteiger partial charge in [0.05, 0.1) is 26.3 Å². The first kappa shape index (κ1) is 15.0. The lowest BCUT2D eigenvalue weighted by atomic mass is 10.1. The maximum Gasteiger partial charge on any atom is 0.319 e. The van der Waals surface area contributed by atoms with Gasteiger partial charge in [0.25, 0.3) is 0 Å². The first-order valence-electron chi connectivity index (χ1n) is 6.00. The SMILES string of the molecule is CCN(CC(=O)OC)Cc1ccc(OC)c(C#N)c1. The number of nitrogens with zero attached hydrogens (tertiary/aromatic N) is 2. The molecule has 1 aromatic rings. The number of hydrogen-bond donors (Lipinski definition) is 0. The Morgan fingerprint density at radius 3 is 2.68 bits per heavy atom. The number of benzene rings is 1. The van der Waals surface area contributed by atoms with E-state index in [2.05, 4.69) is 10.8 Å². The van der Waals surface area contributed by atoms with Crippen molar-refractivity contribution >= 4 is 5.97 Å². The molecule has 0 aliphatic rings. The number of carbonyl (C=O) groups excluding carboxylic acids is 1. The van der Waals surface area contributed by atoms with E-state index in [0.29, 0.717) is 17.9 Å². The van der Waals surface area contributed by atoms with E-state index in [1.54, 1.807) is 12.1 Å². The molecular formula is C14H18N2O3. The Morgan fingerprint density at radius 1 is 1.42 bits per heavy atom. The van der Waals surface area contributed by atoms with Crippen LogP contribution >= 0.6 is 0 Å². The average molecular weight is 262 g/mol. The summed E-state index contributed by atoms with van der Waals surface area (Å²) in [5, 5.41) is 9.03. The van der Waals surface area contributed by atoms with Crippen molar-refractivity contribution in [2.45, 2.75) is 13.5 Å². The van der Waals surface area contributed by atoms with E-state index in [9.17, 15) is 4.79 Å². The molecule has 0 heterocycles. The van der Waals surface area contributed by atoms with Gasteiger partial charge in [0.2, 0.25) is 0 Å². The molecule has 5 heteroatoms. The zero-order valence-electron chi connectivity index (χ0n) is 11.5. The molecule has 0 bridgehead atoms. The molecule has 0 saturated heterocycles. The van der Waals surface area contributed by atoms with Gasteiger partial charge in [-0.15, -0.1) is 0 Å². The van der Waals surface area contributed by atoms with Crippen LogP contribution in [0.25, 0.3) is 0 Å². The minimum Gasteiger partial charge on any atom is -0.495 e. The summed E-state index contributed by atoms with van der Waals surface area (Å²) in [6.07, 6.45) is 0. The molecule has 1 aromatic carbocycles. The number of likely N-dealkylation sites (N-methyl/N-ethyl adjacent to an activating group) is 1. The van der Waals surface area contributed by atoms with Gasteiger partial charge in [0, 0.05) is 6.54 Å². The number of carbonyl (C=O) groups is 1. The van der Waals surface area contributed by atoms with Crippen molar-refractivity contribution in [1.29, 1.82) is 5.26 Å². The summed E-state index contributed by atoms with van der Waals surface area (Å²) in [6.45, 7) is 3.52. The third-order valence-electron chi connectivity index (χ3n) is 2.82. The predicted molar refractivity (Wildman–Crippen MR) is 70.7 cm³/mol. The first-order chi connectivity index (χ1) is 9.14. The zero-order chi connectivity index (χ0) is 14.3. The summed E-state index contributed by atoms with van der Waals surface area (Å²) < 4.78 is 9.74. The lowest BCUT2D eigenvalue weighted by molar-refractivity contribution is -0.142. The van der Waals surface area contributed by atoms with Gasteiger partial charge in [-0.25, -0.2) is 0 Å². The zero-order valence-corrected chi connectivity index (χ0v) is 11.5. The summed E-state index contributed by atoms with van der Waals surface area (Å²) >= 11 is 0. The van der Waals surface area contributed by atoms with Crippen molar-refractivity contribution in [3.63, 3.8) is 0 Å². The molecule has 0 N–H and O–H groups in total. The van der Waals surface area contributed by atoms with Crippen LogP contribution in [-0.4, -0.2) is 38.2 Å². The number of nitriles is 1. The molecule has 0 fully saturated rings. The lowest BCUT2D eigenvalue weighted by Gasteiger charge is -2.19. The Balaban J connectivity index is 2.80. The predicted octanol–water partition coefficient (Wildman–Crippen LogP) is 1.56. The molecule has 0 aliphatic carbocycles. The quantitative estimate of drug-likeness (QED) is 0.728. The van der Waals surface area contributed by atoms with Crippen LogP contribution < -0.4 is 4.74 Å². The fourth-order valence-corrected chi connectivity index (χ4v) is 1.73. The van der Waals surface area contributed by atoms with Gasteiger partial charge in [-0.05, 0) is 24.2 Å². The highest BCUT2D eigenvalue weighted by Crippen LogP contribution is 2.19. The van der Waals surface area contributed by atoms with Gasteiger partial charge in [-0.3, -0.25) is 9.69 Å². The van der Waals surface area contributed by atoms with E-state index in [1.165, 1.54) is 14.2 Å². The van der Waals surface area contributed by atoms with Gasteiger partial charge in [0.1, 0.15) is 11.8 Å². The van der Waals surface area contributed by atoms with Crippen LogP contribution in [0.15, 0.2) is 18.2 Å². The number of rotatable bonds is 6. The fraction of sp³-hybridized carbons (Fsp3) is 0.429. The molecule has 5 nitrogen and oxygen atoms in total. The Kier molecular flexibility index (Phi) is 5.83. The molecule has 0 aromatic heterocycles. The number of ether oxygens (including phenoxy) is 2. The van der Waals surface area contributed by atoms with Crippen molar-refractivity contribution in [2.24, 2.45) is 0 Å². The van der Waals surface area contributed by atoms with Gasteiger partial charge >= 0.3 is 5.97 Å². The number of hydrogen-bond acceptors (Lipinski definition) is 5. The average Bonchev–Trinajstić information content (AvgIpc) is 2.45. The van der Waals surface area contributed by atoms with Gasteiger partial charge in [-0.1, -0.05) is 13.0 Å². The van der Waals surface area contributed by atoms with Crippen LogP contribution in [0.1, 0.15) is 18.1 Å². The Labute approximate surface area is 113 Å². The van der Waals surface area contributed by atoms with Gasteiger partial charge in [-0.2, -0.15) is 5.26 Å². The van der Waals surface area contributed by atoms with E-state index >= 15 is 0 Å². The number of methoxy groups -OCH3 is 2. The topological polar surface area (TPSA) is 62.6 Å². The van der Waals surface area contributed by atoms with Crippen LogP contribution in [0, 0.1) is 11.3 Å². The molecule has 19 heavy (non-hydrogen) atoms. The monoisotopic (exact) mass is 262 g/mol. The molecule has 1 rings (SSSR count). The molecule has 0 unspecified atom stereocenters. The Bertz CT molecular complexity index is 480. The maximum absolute atomic E-state index is 11.3. The third kappa shape index (κ3) is 4.27. The van der Waals surface area contributed by atoms with Crippen molar-refractivity contribution in [1.82, 2.24) is 4.90 Å². The van der Waals surface area contributed by atoms with Crippen LogP contribution in [0.2, 0.25) is 0 Å². The summed E-state index contributed by atoms with van der Waals surface area (Å²) in [4.78, 5) is 13.2. The molecule has 0 saturated carbocycles. The van der Waals surface area contributed by atoms with E-state index in [-0.39, 0.29) is 12.5 Å². The summed E-state index contributed by atoms with van der Waals surface area (Å²) in [7, 11) is 2.91. The highest BCUT2D eigenvalue weighted by molar-refractivity contribution is 5.71. The normalized spacial score (nSPS) is 10.1. The third-order valence-corrected chi connectivity index (χ3v) is 2.82. The standard InChI is InChI=1S/C14H18N2O3/c1-4-16(10-14(17)19-3)9-11-5-6-13(18-2)12(7-11)8-15/h5-7H,4,9-10H2,1-3H3. The van der Waals surface area contributed by atoms with Gasteiger partial charge in [0.15, 0.2) is 0 Å². The molecule has 0 atom stereocenters. The minimum absolute atomic E-state index is 0.237. The second-order valence-corrected chi connectivity index (χ2v) is 4.03. The number of esters is 1. The summed E-state index contributed by atoms with van der Waals surface area (Å²) in [5.74, 6) is 0.290. The van der Waals surface area contributed by atoms with Crippen molar-refractivity contribution in [2.75, 3.05) is 27.3 Å². The second kappa shape index (κ2) is 7.39. The smallest absolute Gasteiger partial charge is 0.319 e. The summed E-state index contributed by atoms with van der Waals surface area (Å²) in [6, 6.07) is 7.52. The largest absolute Gasteiger partial charge is 0.495 e. The van der Waals surface area contributed by atoms with Crippen LogP contribution in [0.5, 0.6) is 5.75 Å². The van der Waals surface area contributed by atoms with Gasteiger partial charge < -0.3 is 9.47 Å². The first-order valence-corrected chi connectivity index (χ1v) is 6.00. The van der Waals surface area contributed by atoms with Crippen LogP contribution in [0.4, 0.5) is 0 Å². The van der Waals surface area contributed by atoms with Crippen molar-refractivity contribution in [3.8, 4) is 11.8 Å². The maximum atomic E-state index is 11.3. The van der Waals surface area contributed by atoms with E-state index in [0.717, 1.165) is 12.1 Å². The highest BCUT2D eigenvalue weighted by atomic mass is 16.5. The van der Waals surface area contributed by atoms with E-state index in [1.807, 2.05) is 17.9 Å². The molecular weight excluding hydrogens is 244 g/mol. The minimum atomic E-state index is -0.268. The molecule has 102 valence electrons. The van der Waals surface area contributed by atoms with Crippen LogP contribution in [-0.2, 0) is 16.1 Å². The van der Waals surface area contributed by atoms with E-state index in [4.69, 9.17) is 10.00 Å². The Morgan fingerprint density at radius 2 is 2.16 bits per heavy atom. The van der Waals surface area contributed by atoms with Crippen LogP contribution in [0.3, 0.4) is 0 Å².